The summed E-state index contributed by atoms with van der Waals surface area (Å²) in [5, 5.41) is 5.28. The van der Waals surface area contributed by atoms with Crippen LogP contribution in [0.5, 0.6) is 11.5 Å². The van der Waals surface area contributed by atoms with Gasteiger partial charge in [0.25, 0.3) is 0 Å². The molecule has 19 heavy (non-hydrogen) atoms. The van der Waals surface area contributed by atoms with Crippen molar-refractivity contribution in [2.75, 3.05) is 26.1 Å². The average molecular weight is 327 g/mol. The molecule has 0 spiro atoms. The fourth-order valence-electron chi connectivity index (χ4n) is 1.33. The summed E-state index contributed by atoms with van der Waals surface area (Å²) in [6.07, 6.45) is 0. The fourth-order valence-corrected chi connectivity index (χ4v) is 1.88. The third-order valence-corrected chi connectivity index (χ3v) is 3.00. The molecule has 0 aliphatic rings. The Balaban J connectivity index is 2.82. The van der Waals surface area contributed by atoms with Crippen LogP contribution in [-0.4, -0.2) is 26.8 Å². The summed E-state index contributed by atoms with van der Waals surface area (Å²) in [6.45, 7) is 2.01. The molecule has 0 heterocycles. The molecule has 0 radical (unpaired) electrons. The Morgan fingerprint density at radius 2 is 1.89 bits per heavy atom. The zero-order chi connectivity index (χ0) is 14.3. The molecule has 0 fully saturated rings. The maximum Gasteiger partial charge on any atom is 0.319 e. The number of rotatable bonds is 4. The summed E-state index contributed by atoms with van der Waals surface area (Å²) in [5.41, 5.74) is 0.568. The standard InChI is InChI=1S/C13H15BrN2O3/c1-4-5-6-15-13(17)16-9-7-10(18-2)12(14)11(8-9)19-3/h7-8H,6H2,1-3H3,(H2,15,16,17). The lowest BCUT2D eigenvalue weighted by atomic mass is 10.3. The highest BCUT2D eigenvalue weighted by molar-refractivity contribution is 9.10. The van der Waals surface area contributed by atoms with Gasteiger partial charge in [0.15, 0.2) is 0 Å². The number of nitrogens with one attached hydrogen (secondary N) is 2. The SMILES string of the molecule is CC#CCNC(=O)Nc1cc(OC)c(Br)c(OC)c1. The van der Waals surface area contributed by atoms with Gasteiger partial charge < -0.3 is 20.1 Å². The van der Waals surface area contributed by atoms with E-state index < -0.39 is 0 Å². The van der Waals surface area contributed by atoms with Crippen molar-refractivity contribution in [1.82, 2.24) is 5.32 Å². The van der Waals surface area contributed by atoms with Gasteiger partial charge >= 0.3 is 6.03 Å². The van der Waals surface area contributed by atoms with Crippen LogP contribution in [0, 0.1) is 11.8 Å². The number of urea groups is 1. The van der Waals surface area contributed by atoms with Gasteiger partial charge in [-0.2, -0.15) is 0 Å². The molecule has 1 rings (SSSR count). The Morgan fingerprint density at radius 3 is 2.37 bits per heavy atom. The molecule has 2 N–H and O–H groups in total. The fraction of sp³-hybridized carbons (Fsp3) is 0.308. The number of anilines is 1. The number of methoxy groups -OCH3 is 2. The van der Waals surface area contributed by atoms with Crippen LogP contribution in [0.1, 0.15) is 6.92 Å². The Bertz CT molecular complexity index is 495. The zero-order valence-electron chi connectivity index (χ0n) is 11.0. The summed E-state index contributed by atoms with van der Waals surface area (Å²) in [4.78, 5) is 11.6. The summed E-state index contributed by atoms with van der Waals surface area (Å²) in [7, 11) is 3.08. The molecule has 0 unspecified atom stereocenters. The molecule has 0 saturated heterocycles. The van der Waals surface area contributed by atoms with Crippen LogP contribution in [0.3, 0.4) is 0 Å². The molecule has 0 saturated carbocycles. The lowest BCUT2D eigenvalue weighted by Crippen LogP contribution is -2.28. The number of carbonyl (C=O) groups excluding carboxylic acids is 1. The Kier molecular flexibility index (Phi) is 6.03. The molecule has 1 aromatic carbocycles. The molecule has 0 atom stereocenters. The first kappa shape index (κ1) is 15.2. The van der Waals surface area contributed by atoms with E-state index >= 15 is 0 Å². The average Bonchev–Trinajstić information content (AvgIpc) is 2.40. The van der Waals surface area contributed by atoms with E-state index in [2.05, 4.69) is 38.4 Å². The van der Waals surface area contributed by atoms with Crippen molar-refractivity contribution in [2.45, 2.75) is 6.92 Å². The van der Waals surface area contributed by atoms with E-state index in [9.17, 15) is 4.79 Å². The van der Waals surface area contributed by atoms with Crippen molar-refractivity contribution in [3.8, 4) is 23.3 Å². The molecule has 0 bridgehead atoms. The van der Waals surface area contributed by atoms with Crippen LogP contribution in [0.25, 0.3) is 0 Å². The summed E-state index contributed by atoms with van der Waals surface area (Å²) in [5.74, 6) is 6.58. The second-order valence-electron chi connectivity index (χ2n) is 3.43. The first-order valence-electron chi connectivity index (χ1n) is 5.48. The minimum atomic E-state index is -0.339. The molecular weight excluding hydrogens is 312 g/mol. The van der Waals surface area contributed by atoms with Gasteiger partial charge in [0.2, 0.25) is 0 Å². The third-order valence-electron chi connectivity index (χ3n) is 2.22. The monoisotopic (exact) mass is 326 g/mol. The molecule has 6 heteroatoms. The van der Waals surface area contributed by atoms with Gasteiger partial charge in [-0.1, -0.05) is 5.92 Å². The second-order valence-corrected chi connectivity index (χ2v) is 4.22. The number of benzene rings is 1. The molecule has 1 aromatic rings. The van der Waals surface area contributed by atoms with Crippen molar-refractivity contribution < 1.29 is 14.3 Å². The highest BCUT2D eigenvalue weighted by atomic mass is 79.9. The maximum absolute atomic E-state index is 11.6. The van der Waals surface area contributed by atoms with Crippen molar-refractivity contribution in [1.29, 1.82) is 0 Å². The molecule has 0 aromatic heterocycles. The summed E-state index contributed by atoms with van der Waals surface area (Å²) < 4.78 is 11.1. The van der Waals surface area contributed by atoms with E-state index in [0.29, 0.717) is 28.2 Å². The lowest BCUT2D eigenvalue weighted by molar-refractivity contribution is 0.253. The Labute approximate surface area is 120 Å². The molecular formula is C13H15BrN2O3. The van der Waals surface area contributed by atoms with Crippen molar-refractivity contribution in [3.05, 3.63) is 16.6 Å². The van der Waals surface area contributed by atoms with E-state index in [1.54, 1.807) is 33.3 Å². The summed E-state index contributed by atoms with van der Waals surface area (Å²) in [6, 6.07) is 3.05. The van der Waals surface area contributed by atoms with E-state index in [1.165, 1.54) is 0 Å². The van der Waals surface area contributed by atoms with Gasteiger partial charge in [-0.3, -0.25) is 0 Å². The first-order valence-corrected chi connectivity index (χ1v) is 6.27. The van der Waals surface area contributed by atoms with Gasteiger partial charge in [0, 0.05) is 17.8 Å². The number of amides is 2. The molecule has 0 aliphatic heterocycles. The number of hydrogen-bond acceptors (Lipinski definition) is 3. The van der Waals surface area contributed by atoms with Crippen molar-refractivity contribution in [2.24, 2.45) is 0 Å². The Morgan fingerprint density at radius 1 is 1.32 bits per heavy atom. The molecule has 2 amide bonds. The van der Waals surface area contributed by atoms with E-state index in [-0.39, 0.29) is 6.03 Å². The molecule has 102 valence electrons. The number of carbonyl (C=O) groups is 1. The number of ether oxygens (including phenoxy) is 2. The van der Waals surface area contributed by atoms with E-state index in [0.717, 1.165) is 0 Å². The van der Waals surface area contributed by atoms with Gasteiger partial charge in [0.1, 0.15) is 16.0 Å². The van der Waals surface area contributed by atoms with Crippen molar-refractivity contribution >= 4 is 27.6 Å². The van der Waals surface area contributed by atoms with Crippen LogP contribution in [0.4, 0.5) is 10.5 Å². The normalized spacial score (nSPS) is 9.05. The van der Waals surface area contributed by atoms with Crippen LogP contribution in [0.2, 0.25) is 0 Å². The first-order chi connectivity index (χ1) is 9.12. The molecule has 0 aliphatic carbocycles. The van der Waals surface area contributed by atoms with Crippen LogP contribution in [-0.2, 0) is 0 Å². The van der Waals surface area contributed by atoms with Crippen LogP contribution in [0.15, 0.2) is 16.6 Å². The minimum Gasteiger partial charge on any atom is -0.495 e. The van der Waals surface area contributed by atoms with E-state index in [1.807, 2.05) is 0 Å². The number of hydrogen-bond donors (Lipinski definition) is 2. The second kappa shape index (κ2) is 7.54. The highest BCUT2D eigenvalue weighted by Gasteiger charge is 2.11. The molecule has 5 nitrogen and oxygen atoms in total. The zero-order valence-corrected chi connectivity index (χ0v) is 12.6. The predicted octanol–water partition coefficient (Wildman–Crippen LogP) is 2.61. The Hall–Kier alpha value is -1.87. The van der Waals surface area contributed by atoms with Crippen molar-refractivity contribution in [3.63, 3.8) is 0 Å². The smallest absolute Gasteiger partial charge is 0.319 e. The largest absolute Gasteiger partial charge is 0.495 e. The van der Waals surface area contributed by atoms with Crippen LogP contribution < -0.4 is 20.1 Å². The highest BCUT2D eigenvalue weighted by Crippen LogP contribution is 2.37. The van der Waals surface area contributed by atoms with Gasteiger partial charge in [0.05, 0.1) is 20.8 Å². The topological polar surface area (TPSA) is 59.6 Å². The minimum absolute atomic E-state index is 0.299. The van der Waals surface area contributed by atoms with E-state index in [4.69, 9.17) is 9.47 Å². The third kappa shape index (κ3) is 4.38. The van der Waals surface area contributed by atoms with Gasteiger partial charge in [-0.15, -0.1) is 5.92 Å². The van der Waals surface area contributed by atoms with Gasteiger partial charge in [-0.05, 0) is 22.9 Å². The predicted molar refractivity (Wildman–Crippen MR) is 77.7 cm³/mol. The van der Waals surface area contributed by atoms with Crippen LogP contribution >= 0.6 is 15.9 Å². The maximum atomic E-state index is 11.6. The summed E-state index contributed by atoms with van der Waals surface area (Å²) >= 11 is 3.36. The quantitative estimate of drug-likeness (QED) is 0.836. The number of halogens is 1. The lowest BCUT2D eigenvalue weighted by Gasteiger charge is -2.12. The van der Waals surface area contributed by atoms with Gasteiger partial charge in [-0.25, -0.2) is 4.79 Å².